The van der Waals surface area contributed by atoms with Crippen LogP contribution in [0.3, 0.4) is 0 Å². The van der Waals surface area contributed by atoms with Crippen LogP contribution in [0.15, 0.2) is 170 Å². The van der Waals surface area contributed by atoms with E-state index in [-0.39, 0.29) is 0 Å². The van der Waals surface area contributed by atoms with Gasteiger partial charge >= 0.3 is 0 Å². The second-order valence-electron chi connectivity index (χ2n) is 8.36. The zero-order valence-corrected chi connectivity index (χ0v) is 20.5. The second-order valence-corrected chi connectivity index (χ2v) is 11.8. The summed E-state index contributed by atoms with van der Waals surface area (Å²) >= 11 is 0. The third-order valence-electron chi connectivity index (χ3n) is 6.23. The Balaban J connectivity index is 0.000000211. The van der Waals surface area contributed by atoms with E-state index in [9.17, 15) is 0 Å². The highest BCUT2D eigenvalue weighted by Crippen LogP contribution is 2.53. The van der Waals surface area contributed by atoms with E-state index in [0.717, 1.165) is 0 Å². The Hall–Kier alpha value is -3.99. The molecule has 0 N–H and O–H groups in total. The zero-order chi connectivity index (χ0) is 23.8. The predicted octanol–water partition coefficient (Wildman–Crippen LogP) is 7.15. The normalized spacial score (nSPS) is 10.9. The molecule has 0 saturated heterocycles. The van der Waals surface area contributed by atoms with Crippen LogP contribution in [0.1, 0.15) is 0 Å². The zero-order valence-electron chi connectivity index (χ0n) is 19.6. The minimum atomic E-state index is -1.91. The van der Waals surface area contributed by atoms with Crippen molar-refractivity contribution in [2.75, 3.05) is 0 Å². The van der Waals surface area contributed by atoms with E-state index in [0.29, 0.717) is 0 Å². The molecule has 0 nitrogen and oxygen atoms in total. The molecule has 0 spiro atoms. The van der Waals surface area contributed by atoms with Gasteiger partial charge in [0, 0.05) is 0 Å². The van der Waals surface area contributed by atoms with Gasteiger partial charge in [-0.3, -0.25) is 0 Å². The first-order valence-electron chi connectivity index (χ1n) is 11.9. The van der Waals surface area contributed by atoms with Crippen molar-refractivity contribution in [2.24, 2.45) is 0 Å². The maximum atomic E-state index is 2.28. The highest BCUT2D eigenvalue weighted by Gasteiger charge is 2.47. The van der Waals surface area contributed by atoms with Gasteiger partial charge in [0.05, 0.1) is 0 Å². The van der Waals surface area contributed by atoms with Crippen molar-refractivity contribution in [3.63, 3.8) is 0 Å². The first-order valence-corrected chi connectivity index (χ1v) is 13.7. The lowest BCUT2D eigenvalue weighted by atomic mass is 10.1. The Labute approximate surface area is 208 Å². The van der Waals surface area contributed by atoms with Crippen molar-refractivity contribution < 1.29 is 0 Å². The van der Waals surface area contributed by atoms with Crippen molar-refractivity contribution in [2.45, 2.75) is 0 Å². The molecule has 0 bridgehead atoms. The maximum Gasteiger partial charge on any atom is 0.144 e. The van der Waals surface area contributed by atoms with Gasteiger partial charge in [0.15, 0.2) is 0 Å². The molecule has 6 aromatic carbocycles. The van der Waals surface area contributed by atoms with Crippen LogP contribution in [-0.2, 0) is 0 Å². The third-order valence-corrected chi connectivity index (χ3v) is 10.5. The monoisotopic (exact) mass is 467 g/mol. The van der Waals surface area contributed by atoms with Gasteiger partial charge in [-0.15, -0.1) is 0 Å². The molecule has 0 unspecified atom stereocenters. The Bertz CT molecular complexity index is 1230. The molecule has 0 aliphatic rings. The van der Waals surface area contributed by atoms with E-state index < -0.39 is 7.26 Å². The smallest absolute Gasteiger partial charge is 0.0620 e. The van der Waals surface area contributed by atoms with Crippen LogP contribution < -0.4 is 21.2 Å². The average Bonchev–Trinajstić information content (AvgIpc) is 2.96. The summed E-state index contributed by atoms with van der Waals surface area (Å²) in [6.45, 7) is 0. The van der Waals surface area contributed by atoms with Crippen LogP contribution in [0.4, 0.5) is 0 Å². The average molecular weight is 468 g/mol. The quantitative estimate of drug-likeness (QED) is 0.242. The summed E-state index contributed by atoms with van der Waals surface area (Å²) in [4.78, 5) is 0. The first kappa shape index (κ1) is 22.8. The molecule has 0 saturated carbocycles. The largest absolute Gasteiger partial charge is 0.144 e. The molecule has 0 atom stereocenters. The van der Waals surface area contributed by atoms with Crippen molar-refractivity contribution in [1.29, 1.82) is 0 Å². The number of rotatable bonds is 4. The summed E-state index contributed by atoms with van der Waals surface area (Å²) in [6, 6.07) is 60.5. The molecule has 0 amide bonds. The molecule has 6 aromatic rings. The van der Waals surface area contributed by atoms with E-state index in [1.165, 1.54) is 32.0 Å². The van der Waals surface area contributed by atoms with Gasteiger partial charge in [0.25, 0.3) is 0 Å². The van der Waals surface area contributed by atoms with Crippen molar-refractivity contribution >= 4 is 39.3 Å². The molecule has 0 aromatic heterocycles. The SMILES string of the molecule is c1ccc([P+](c2ccccc2)(c2ccccc2)c2ccccc2)cc1.c1ccc2ccccc2c1. The molecule has 0 fully saturated rings. The van der Waals surface area contributed by atoms with Crippen LogP contribution in [0, 0.1) is 0 Å². The fourth-order valence-electron chi connectivity index (χ4n) is 4.63. The second kappa shape index (κ2) is 11.0. The van der Waals surface area contributed by atoms with Crippen molar-refractivity contribution in [3.05, 3.63) is 170 Å². The Morgan fingerprint density at radius 1 is 0.229 bits per heavy atom. The molecule has 0 radical (unpaired) electrons. The number of hydrogen-bond donors (Lipinski definition) is 0. The fourth-order valence-corrected chi connectivity index (χ4v) is 8.90. The van der Waals surface area contributed by atoms with Gasteiger partial charge in [-0.25, -0.2) is 0 Å². The molecule has 0 heterocycles. The van der Waals surface area contributed by atoms with Gasteiger partial charge in [0.1, 0.15) is 28.5 Å². The predicted molar refractivity (Wildman–Crippen MR) is 155 cm³/mol. The van der Waals surface area contributed by atoms with E-state index in [1.54, 1.807) is 0 Å². The molecule has 1 heteroatoms. The van der Waals surface area contributed by atoms with Gasteiger partial charge < -0.3 is 0 Å². The van der Waals surface area contributed by atoms with Crippen molar-refractivity contribution in [1.82, 2.24) is 0 Å². The lowest BCUT2D eigenvalue weighted by Gasteiger charge is -2.27. The Morgan fingerprint density at radius 2 is 0.429 bits per heavy atom. The van der Waals surface area contributed by atoms with Crippen LogP contribution in [0.25, 0.3) is 10.8 Å². The summed E-state index contributed by atoms with van der Waals surface area (Å²) in [6.07, 6.45) is 0. The molecule has 168 valence electrons. The first-order chi connectivity index (χ1) is 17.4. The van der Waals surface area contributed by atoms with E-state index >= 15 is 0 Å². The van der Waals surface area contributed by atoms with Gasteiger partial charge in [-0.1, -0.05) is 121 Å². The molecule has 6 rings (SSSR count). The summed E-state index contributed by atoms with van der Waals surface area (Å²) in [5.41, 5.74) is 0. The maximum absolute atomic E-state index is 2.28. The van der Waals surface area contributed by atoms with Crippen LogP contribution in [0.5, 0.6) is 0 Å². The standard InChI is InChI=1S/C24H20P.C10H8/c1-5-13-21(14-6-1)25(22-15-7-2-8-16-22,23-17-9-3-10-18-23)24-19-11-4-12-20-24;1-2-6-10-8-4-3-7-9(10)5-1/h1-20H;1-8H/q+1;. The molecule has 0 aliphatic carbocycles. The van der Waals surface area contributed by atoms with Crippen LogP contribution in [-0.4, -0.2) is 0 Å². The lowest BCUT2D eigenvalue weighted by Crippen LogP contribution is -2.38. The molecular formula is C34H28P+. The highest BCUT2D eigenvalue weighted by molar-refractivity contribution is 8.01. The van der Waals surface area contributed by atoms with E-state index in [2.05, 4.69) is 170 Å². The minimum Gasteiger partial charge on any atom is -0.0620 e. The van der Waals surface area contributed by atoms with Gasteiger partial charge in [-0.05, 0) is 59.3 Å². The highest BCUT2D eigenvalue weighted by atomic mass is 31.2. The summed E-state index contributed by atoms with van der Waals surface area (Å²) in [7, 11) is -1.91. The van der Waals surface area contributed by atoms with Crippen LogP contribution >= 0.6 is 7.26 Å². The third kappa shape index (κ3) is 4.80. The topological polar surface area (TPSA) is 0 Å². The summed E-state index contributed by atoms with van der Waals surface area (Å²) in [5.74, 6) is 0. The van der Waals surface area contributed by atoms with E-state index in [4.69, 9.17) is 0 Å². The number of hydrogen-bond acceptors (Lipinski definition) is 0. The minimum absolute atomic E-state index is 1.31. The molecular weight excluding hydrogens is 439 g/mol. The number of benzene rings is 6. The lowest BCUT2D eigenvalue weighted by molar-refractivity contribution is 1.71. The van der Waals surface area contributed by atoms with Gasteiger partial charge in [0.2, 0.25) is 0 Å². The summed E-state index contributed by atoms with van der Waals surface area (Å²) in [5, 5.41) is 8.17. The fraction of sp³-hybridized carbons (Fsp3) is 0. The van der Waals surface area contributed by atoms with Gasteiger partial charge in [-0.2, -0.15) is 0 Å². The number of fused-ring (bicyclic) bond motifs is 1. The van der Waals surface area contributed by atoms with E-state index in [1.807, 2.05) is 0 Å². The Morgan fingerprint density at radius 3 is 0.657 bits per heavy atom. The van der Waals surface area contributed by atoms with Crippen molar-refractivity contribution in [3.8, 4) is 0 Å². The Kier molecular flexibility index (Phi) is 7.13. The van der Waals surface area contributed by atoms with Crippen LogP contribution in [0.2, 0.25) is 0 Å². The summed E-state index contributed by atoms with van der Waals surface area (Å²) < 4.78 is 0. The molecule has 35 heavy (non-hydrogen) atoms. The molecule has 0 aliphatic heterocycles.